The van der Waals surface area contributed by atoms with E-state index in [1.807, 2.05) is 62.4 Å². The van der Waals surface area contributed by atoms with Gasteiger partial charge in [-0.05, 0) is 42.7 Å². The molecule has 1 atom stereocenters. The highest BCUT2D eigenvalue weighted by atomic mass is 16.6. The van der Waals surface area contributed by atoms with Crippen LogP contribution in [0.3, 0.4) is 0 Å². The van der Waals surface area contributed by atoms with E-state index in [0.29, 0.717) is 5.69 Å². The number of carbonyl (C=O) groups excluding carboxylic acids is 1. The number of nitro groups is 1. The van der Waals surface area contributed by atoms with Crippen LogP contribution in [0.15, 0.2) is 72.8 Å². The fraction of sp³-hybridized carbons (Fsp3) is 0.136. The van der Waals surface area contributed by atoms with Crippen LogP contribution in [0.1, 0.15) is 22.7 Å². The van der Waals surface area contributed by atoms with Crippen LogP contribution in [-0.2, 0) is 4.79 Å². The smallest absolute Gasteiger partial charge is 0.271 e. The highest BCUT2D eigenvalue weighted by Gasteiger charge is 2.22. The Morgan fingerprint density at radius 1 is 0.964 bits per heavy atom. The van der Waals surface area contributed by atoms with Gasteiger partial charge in [-0.3, -0.25) is 14.9 Å². The van der Waals surface area contributed by atoms with Gasteiger partial charge in [-0.2, -0.15) is 0 Å². The van der Waals surface area contributed by atoms with Gasteiger partial charge < -0.3 is 10.6 Å². The molecule has 0 radical (unpaired) electrons. The number of rotatable bonds is 6. The zero-order chi connectivity index (χ0) is 20.1. The van der Waals surface area contributed by atoms with Gasteiger partial charge in [0.1, 0.15) is 6.04 Å². The molecule has 0 aliphatic rings. The lowest BCUT2D eigenvalue weighted by atomic mass is 10.0. The van der Waals surface area contributed by atoms with E-state index in [9.17, 15) is 14.9 Å². The van der Waals surface area contributed by atoms with Gasteiger partial charge in [0.25, 0.3) is 11.6 Å². The van der Waals surface area contributed by atoms with E-state index in [4.69, 9.17) is 0 Å². The van der Waals surface area contributed by atoms with Crippen molar-refractivity contribution in [2.75, 3.05) is 10.6 Å². The first-order valence-corrected chi connectivity index (χ1v) is 8.88. The van der Waals surface area contributed by atoms with Crippen LogP contribution in [0.2, 0.25) is 0 Å². The van der Waals surface area contributed by atoms with Crippen molar-refractivity contribution < 1.29 is 9.72 Å². The number of nitrogens with zero attached hydrogens (tertiary/aromatic N) is 1. The molecule has 0 spiro atoms. The number of carbonyl (C=O) groups is 1. The van der Waals surface area contributed by atoms with Crippen LogP contribution in [0.4, 0.5) is 17.1 Å². The van der Waals surface area contributed by atoms with E-state index in [1.54, 1.807) is 12.1 Å². The van der Waals surface area contributed by atoms with E-state index in [2.05, 4.69) is 10.6 Å². The van der Waals surface area contributed by atoms with Gasteiger partial charge in [0, 0.05) is 23.5 Å². The Balaban J connectivity index is 1.91. The monoisotopic (exact) mass is 375 g/mol. The fourth-order valence-electron chi connectivity index (χ4n) is 2.90. The average Bonchev–Trinajstić information content (AvgIpc) is 2.69. The summed E-state index contributed by atoms with van der Waals surface area (Å²) in [4.78, 5) is 23.7. The van der Waals surface area contributed by atoms with Crippen molar-refractivity contribution >= 4 is 23.0 Å². The van der Waals surface area contributed by atoms with Crippen molar-refractivity contribution in [1.29, 1.82) is 0 Å². The Bertz CT molecular complexity index is 1000. The molecule has 2 N–H and O–H groups in total. The summed E-state index contributed by atoms with van der Waals surface area (Å²) in [5, 5.41) is 17.2. The van der Waals surface area contributed by atoms with Gasteiger partial charge in [-0.25, -0.2) is 0 Å². The summed E-state index contributed by atoms with van der Waals surface area (Å²) in [5.74, 6) is -0.244. The molecular weight excluding hydrogens is 354 g/mol. The first kappa shape index (κ1) is 19.1. The van der Waals surface area contributed by atoms with Crippen molar-refractivity contribution in [3.05, 3.63) is 99.6 Å². The van der Waals surface area contributed by atoms with Gasteiger partial charge in [0.05, 0.1) is 4.92 Å². The van der Waals surface area contributed by atoms with Crippen molar-refractivity contribution in [2.45, 2.75) is 19.9 Å². The second-order valence-electron chi connectivity index (χ2n) is 6.60. The van der Waals surface area contributed by atoms with Crippen LogP contribution in [-0.4, -0.2) is 10.8 Å². The third-order valence-electron chi connectivity index (χ3n) is 4.41. The summed E-state index contributed by atoms with van der Waals surface area (Å²) >= 11 is 0. The molecule has 3 aromatic rings. The van der Waals surface area contributed by atoms with Crippen molar-refractivity contribution in [3.63, 3.8) is 0 Å². The maximum Gasteiger partial charge on any atom is 0.271 e. The number of anilines is 2. The summed E-state index contributed by atoms with van der Waals surface area (Å²) in [6, 6.07) is 20.5. The zero-order valence-electron chi connectivity index (χ0n) is 15.7. The van der Waals surface area contributed by atoms with Crippen LogP contribution >= 0.6 is 0 Å². The number of nitrogens with one attached hydrogen (secondary N) is 2. The molecular formula is C22H21N3O3. The van der Waals surface area contributed by atoms with Gasteiger partial charge in [-0.1, -0.05) is 48.5 Å². The lowest BCUT2D eigenvalue weighted by Gasteiger charge is -2.21. The minimum atomic E-state index is -0.705. The van der Waals surface area contributed by atoms with Gasteiger partial charge in [0.2, 0.25) is 0 Å². The Morgan fingerprint density at radius 2 is 1.71 bits per heavy atom. The molecule has 0 aliphatic carbocycles. The van der Waals surface area contributed by atoms with Crippen LogP contribution in [0.5, 0.6) is 0 Å². The summed E-state index contributed by atoms with van der Waals surface area (Å²) in [5.41, 5.74) is 3.97. The molecule has 3 aromatic carbocycles. The van der Waals surface area contributed by atoms with E-state index < -0.39 is 11.0 Å². The molecule has 3 rings (SSSR count). The van der Waals surface area contributed by atoms with Crippen molar-refractivity contribution in [2.24, 2.45) is 0 Å². The lowest BCUT2D eigenvalue weighted by Crippen LogP contribution is -2.27. The Morgan fingerprint density at radius 3 is 2.43 bits per heavy atom. The number of nitro benzene ring substituents is 1. The Hall–Kier alpha value is -3.67. The number of hydrogen-bond acceptors (Lipinski definition) is 4. The molecule has 6 heteroatoms. The van der Waals surface area contributed by atoms with Crippen LogP contribution in [0, 0.1) is 24.0 Å². The summed E-state index contributed by atoms with van der Waals surface area (Å²) < 4.78 is 0. The van der Waals surface area contributed by atoms with Crippen molar-refractivity contribution in [1.82, 2.24) is 0 Å². The number of amides is 1. The van der Waals surface area contributed by atoms with Crippen LogP contribution in [0.25, 0.3) is 0 Å². The minimum Gasteiger partial charge on any atom is -0.370 e. The second kappa shape index (κ2) is 8.35. The molecule has 0 heterocycles. The number of hydrogen-bond donors (Lipinski definition) is 2. The van der Waals surface area contributed by atoms with E-state index in [1.165, 1.54) is 12.1 Å². The predicted molar refractivity (Wildman–Crippen MR) is 110 cm³/mol. The first-order valence-electron chi connectivity index (χ1n) is 8.88. The third-order valence-corrected chi connectivity index (χ3v) is 4.41. The maximum atomic E-state index is 13.1. The molecule has 0 fully saturated rings. The molecule has 0 unspecified atom stereocenters. The highest BCUT2D eigenvalue weighted by Crippen LogP contribution is 2.25. The SMILES string of the molecule is Cc1ccc(C)c(NC(=O)[C@@H](Nc2cccc([N+](=O)[O-])c2)c2ccccc2)c1. The quantitative estimate of drug-likeness (QED) is 0.469. The molecule has 0 bridgehead atoms. The molecule has 0 aromatic heterocycles. The number of aryl methyl sites for hydroxylation is 2. The molecule has 6 nitrogen and oxygen atoms in total. The Labute approximate surface area is 163 Å². The minimum absolute atomic E-state index is 0.0354. The molecule has 142 valence electrons. The van der Waals surface area contributed by atoms with Crippen molar-refractivity contribution in [3.8, 4) is 0 Å². The lowest BCUT2D eigenvalue weighted by molar-refractivity contribution is -0.384. The van der Waals surface area contributed by atoms with Crippen LogP contribution < -0.4 is 10.6 Å². The summed E-state index contributed by atoms with van der Waals surface area (Å²) in [7, 11) is 0. The average molecular weight is 375 g/mol. The van der Waals surface area contributed by atoms with E-state index in [-0.39, 0.29) is 11.6 Å². The largest absolute Gasteiger partial charge is 0.370 e. The second-order valence-corrected chi connectivity index (χ2v) is 6.60. The molecule has 0 saturated carbocycles. The first-order chi connectivity index (χ1) is 13.4. The molecule has 1 amide bonds. The highest BCUT2D eigenvalue weighted by molar-refractivity contribution is 5.98. The Kier molecular flexibility index (Phi) is 5.69. The van der Waals surface area contributed by atoms with Gasteiger partial charge in [-0.15, -0.1) is 0 Å². The van der Waals surface area contributed by atoms with E-state index >= 15 is 0 Å². The zero-order valence-corrected chi connectivity index (χ0v) is 15.7. The predicted octanol–water partition coefficient (Wildman–Crippen LogP) is 5.00. The third kappa shape index (κ3) is 4.54. The standard InChI is InChI=1S/C22H21N3O3/c1-15-11-12-16(2)20(13-15)24-22(26)21(17-7-4-3-5-8-17)23-18-9-6-10-19(14-18)25(27)28/h3-14,21,23H,1-2H3,(H,24,26)/t21-/m0/s1. The van der Waals surface area contributed by atoms with E-state index in [0.717, 1.165) is 22.4 Å². The summed E-state index contributed by atoms with van der Waals surface area (Å²) in [6.07, 6.45) is 0. The summed E-state index contributed by atoms with van der Waals surface area (Å²) in [6.45, 7) is 3.89. The maximum absolute atomic E-state index is 13.1. The topological polar surface area (TPSA) is 84.3 Å². The molecule has 0 aliphatic heterocycles. The normalized spacial score (nSPS) is 11.5. The number of non-ortho nitro benzene ring substituents is 1. The van der Waals surface area contributed by atoms with Gasteiger partial charge >= 0.3 is 0 Å². The van der Waals surface area contributed by atoms with Gasteiger partial charge in [0.15, 0.2) is 0 Å². The fourth-order valence-corrected chi connectivity index (χ4v) is 2.90. The molecule has 28 heavy (non-hydrogen) atoms. The molecule has 0 saturated heterocycles. The number of benzene rings is 3.